The number of unbranched alkanes of at least 4 members (excludes halogenated alkanes) is 54. The van der Waals surface area contributed by atoms with Crippen LogP contribution in [0.15, 0.2) is 72.9 Å². The van der Waals surface area contributed by atoms with E-state index < -0.39 is 49.5 Å². The Labute approximate surface area is 623 Å². The summed E-state index contributed by atoms with van der Waals surface area (Å²) in [5, 5.41) is 54.6. The standard InChI is InChI=1S/C90H165NO10/c1-3-5-7-9-11-13-15-17-19-20-42-46-50-54-58-62-66-70-74-78-86(95)99-79-75-71-67-63-59-55-51-47-44-41-39-37-35-33-31-29-27-25-23-21-22-24-26-28-30-32-34-36-38-40-43-45-49-53-57-61-65-69-73-77-85(94)91-82(81-100-90-89(98)88(97)87(96)84(80-92)101-90)83(93)76-72-68-64-60-56-52-48-18-16-14-12-10-8-6-4-2/h16-19,21-22,25,27,56,60,72,76,82-84,87-90,92-93,96-98H,3-15,20,23-24,26,28-55,57-59,61-71,73-75,77-81H2,1-2H3,(H,91,94)/b18-16+,19-17-,22-21-,27-25-,60-56+,76-72+. The Morgan fingerprint density at radius 1 is 0.366 bits per heavy atom. The third-order valence-corrected chi connectivity index (χ3v) is 20.5. The first kappa shape index (κ1) is 96.1. The zero-order chi connectivity index (χ0) is 72.9. The van der Waals surface area contributed by atoms with Crippen LogP contribution in [0.4, 0.5) is 0 Å². The van der Waals surface area contributed by atoms with Gasteiger partial charge in [-0.05, 0) is 116 Å². The molecule has 1 aliphatic rings. The van der Waals surface area contributed by atoms with Crippen LogP contribution >= 0.6 is 0 Å². The van der Waals surface area contributed by atoms with Gasteiger partial charge >= 0.3 is 5.97 Å². The topological polar surface area (TPSA) is 175 Å². The minimum atomic E-state index is -1.58. The number of allylic oxidation sites excluding steroid dienone is 11. The number of rotatable bonds is 78. The Hall–Kier alpha value is -2.90. The van der Waals surface area contributed by atoms with Crippen LogP contribution in [0, 0.1) is 0 Å². The van der Waals surface area contributed by atoms with E-state index in [1.54, 1.807) is 6.08 Å². The van der Waals surface area contributed by atoms with Gasteiger partial charge in [0.25, 0.3) is 0 Å². The fourth-order valence-electron chi connectivity index (χ4n) is 13.7. The summed E-state index contributed by atoms with van der Waals surface area (Å²) < 4.78 is 16.8. The first-order valence-corrected chi connectivity index (χ1v) is 43.7. The van der Waals surface area contributed by atoms with Gasteiger partial charge in [0.1, 0.15) is 24.4 Å². The van der Waals surface area contributed by atoms with Gasteiger partial charge in [0, 0.05) is 12.8 Å². The van der Waals surface area contributed by atoms with Crippen LogP contribution in [0.25, 0.3) is 0 Å². The highest BCUT2D eigenvalue weighted by Gasteiger charge is 2.44. The number of carbonyl (C=O) groups excluding carboxylic acids is 2. The predicted molar refractivity (Wildman–Crippen MR) is 430 cm³/mol. The molecule has 590 valence electrons. The zero-order valence-electron chi connectivity index (χ0n) is 66.1. The largest absolute Gasteiger partial charge is 0.466 e. The van der Waals surface area contributed by atoms with E-state index in [9.17, 15) is 35.1 Å². The zero-order valence-corrected chi connectivity index (χ0v) is 66.1. The molecule has 1 heterocycles. The van der Waals surface area contributed by atoms with Crippen molar-refractivity contribution in [1.29, 1.82) is 0 Å². The van der Waals surface area contributed by atoms with Gasteiger partial charge in [-0.2, -0.15) is 0 Å². The number of esters is 1. The molecule has 0 bridgehead atoms. The molecule has 7 unspecified atom stereocenters. The summed E-state index contributed by atoms with van der Waals surface area (Å²) in [6.45, 7) is 4.36. The van der Waals surface area contributed by atoms with E-state index >= 15 is 0 Å². The van der Waals surface area contributed by atoms with Gasteiger partial charge in [0.2, 0.25) is 5.91 Å². The van der Waals surface area contributed by atoms with Crippen LogP contribution in [-0.4, -0.2) is 100 Å². The van der Waals surface area contributed by atoms with Crippen molar-refractivity contribution < 1.29 is 49.3 Å². The Bertz CT molecular complexity index is 1910. The van der Waals surface area contributed by atoms with E-state index in [-0.39, 0.29) is 18.5 Å². The van der Waals surface area contributed by atoms with Gasteiger partial charge in [-0.1, -0.05) is 369 Å². The predicted octanol–water partition coefficient (Wildman–Crippen LogP) is 24.5. The summed E-state index contributed by atoms with van der Waals surface area (Å²) in [7, 11) is 0. The highest BCUT2D eigenvalue weighted by atomic mass is 16.7. The number of hydrogen-bond acceptors (Lipinski definition) is 10. The van der Waals surface area contributed by atoms with Crippen molar-refractivity contribution in [3.8, 4) is 0 Å². The molecule has 11 nitrogen and oxygen atoms in total. The maximum absolute atomic E-state index is 13.1. The fourth-order valence-corrected chi connectivity index (χ4v) is 13.7. The molecule has 1 fully saturated rings. The highest BCUT2D eigenvalue weighted by molar-refractivity contribution is 5.76. The van der Waals surface area contributed by atoms with E-state index in [2.05, 4.69) is 79.9 Å². The van der Waals surface area contributed by atoms with Crippen LogP contribution in [0.2, 0.25) is 0 Å². The van der Waals surface area contributed by atoms with Crippen molar-refractivity contribution in [3.63, 3.8) is 0 Å². The number of aliphatic hydroxyl groups excluding tert-OH is 5. The maximum Gasteiger partial charge on any atom is 0.305 e. The summed E-state index contributed by atoms with van der Waals surface area (Å²) in [5.74, 6) is -0.177. The SMILES string of the molecule is CCCCCCC/C=C/CC/C=C/CC/C=C/C(O)C(COC1OC(CO)C(O)C(O)C1O)NC(=O)CCCCCCCCCCCCCCCCCCC/C=C\C/C=C\CCCCCCCCCCCCCCCCCOC(=O)CCCCCCCCCCC/C=C\CCCCCCCC. The second-order valence-corrected chi connectivity index (χ2v) is 30.2. The molecule has 1 rings (SSSR count). The molecule has 0 saturated carbocycles. The van der Waals surface area contributed by atoms with Crippen LogP contribution in [-0.2, 0) is 23.8 Å². The number of amides is 1. The number of ether oxygens (including phenoxy) is 3. The summed E-state index contributed by atoms with van der Waals surface area (Å²) in [6.07, 6.45) is 98.2. The smallest absolute Gasteiger partial charge is 0.305 e. The lowest BCUT2D eigenvalue weighted by atomic mass is 9.99. The van der Waals surface area contributed by atoms with Crippen LogP contribution in [0.1, 0.15) is 425 Å². The number of carbonyl (C=O) groups is 2. The maximum atomic E-state index is 13.1. The molecule has 1 aliphatic heterocycles. The lowest BCUT2D eigenvalue weighted by molar-refractivity contribution is -0.302. The van der Waals surface area contributed by atoms with Crippen LogP contribution in [0.5, 0.6) is 0 Å². The monoisotopic (exact) mass is 1420 g/mol. The number of nitrogens with one attached hydrogen (secondary N) is 1. The van der Waals surface area contributed by atoms with Crippen LogP contribution in [0.3, 0.4) is 0 Å². The molecule has 1 saturated heterocycles. The van der Waals surface area contributed by atoms with E-state index in [0.29, 0.717) is 19.4 Å². The third kappa shape index (κ3) is 66.3. The van der Waals surface area contributed by atoms with Crippen molar-refractivity contribution in [3.05, 3.63) is 72.9 Å². The molecular formula is C90H165NO10. The molecule has 1 amide bonds. The van der Waals surface area contributed by atoms with E-state index in [0.717, 1.165) is 77.0 Å². The normalized spacial score (nSPS) is 17.4. The molecule has 101 heavy (non-hydrogen) atoms. The van der Waals surface area contributed by atoms with Gasteiger partial charge in [0.15, 0.2) is 6.29 Å². The van der Waals surface area contributed by atoms with Gasteiger partial charge in [-0.3, -0.25) is 9.59 Å². The van der Waals surface area contributed by atoms with Crippen molar-refractivity contribution in [2.24, 2.45) is 0 Å². The van der Waals surface area contributed by atoms with Gasteiger partial charge < -0.3 is 45.1 Å². The summed E-state index contributed by atoms with van der Waals surface area (Å²) in [4.78, 5) is 25.3. The minimum Gasteiger partial charge on any atom is -0.466 e. The summed E-state index contributed by atoms with van der Waals surface area (Å²) >= 11 is 0. The molecule has 7 atom stereocenters. The van der Waals surface area contributed by atoms with Gasteiger partial charge in [0.05, 0.1) is 32.0 Å². The molecule has 0 aromatic rings. The van der Waals surface area contributed by atoms with Crippen molar-refractivity contribution in [2.45, 2.75) is 468 Å². The highest BCUT2D eigenvalue weighted by Crippen LogP contribution is 2.24. The molecule has 0 aliphatic carbocycles. The summed E-state index contributed by atoms with van der Waals surface area (Å²) in [5.41, 5.74) is 0. The van der Waals surface area contributed by atoms with Crippen molar-refractivity contribution >= 4 is 11.9 Å². The average molecular weight is 1420 g/mol. The second kappa shape index (κ2) is 78.2. The summed E-state index contributed by atoms with van der Waals surface area (Å²) in [6, 6.07) is -0.834. The molecule has 0 radical (unpaired) electrons. The minimum absolute atomic E-state index is 0.0143. The molecular weight excluding hydrogens is 1250 g/mol. The lowest BCUT2D eigenvalue weighted by Gasteiger charge is -2.40. The first-order valence-electron chi connectivity index (χ1n) is 43.7. The van der Waals surface area contributed by atoms with Gasteiger partial charge in [-0.25, -0.2) is 0 Å². The van der Waals surface area contributed by atoms with E-state index in [1.165, 1.54) is 321 Å². The Morgan fingerprint density at radius 3 is 1.04 bits per heavy atom. The Kier molecular flexibility index (Phi) is 74.4. The molecule has 6 N–H and O–H groups in total. The third-order valence-electron chi connectivity index (χ3n) is 20.5. The van der Waals surface area contributed by atoms with E-state index in [1.807, 2.05) is 6.08 Å². The molecule has 0 spiro atoms. The second-order valence-electron chi connectivity index (χ2n) is 30.2. The van der Waals surface area contributed by atoms with Gasteiger partial charge in [-0.15, -0.1) is 0 Å². The Morgan fingerprint density at radius 2 is 0.673 bits per heavy atom. The average Bonchev–Trinajstić information content (AvgIpc) is 0.830. The van der Waals surface area contributed by atoms with Crippen LogP contribution < -0.4 is 5.32 Å². The number of hydrogen-bond donors (Lipinski definition) is 6. The lowest BCUT2D eigenvalue weighted by Crippen LogP contribution is -2.60. The number of aliphatic hydroxyl groups is 5. The quantitative estimate of drug-likeness (QED) is 0.0195. The van der Waals surface area contributed by atoms with E-state index in [4.69, 9.17) is 14.2 Å². The molecule has 0 aromatic heterocycles. The van der Waals surface area contributed by atoms with Crippen molar-refractivity contribution in [2.75, 3.05) is 19.8 Å². The Balaban J connectivity index is 1.90. The van der Waals surface area contributed by atoms with Crippen molar-refractivity contribution in [1.82, 2.24) is 5.32 Å². The fraction of sp³-hybridized carbons (Fsp3) is 0.844. The molecule has 0 aromatic carbocycles. The molecule has 11 heteroatoms. The first-order chi connectivity index (χ1) is 49.7.